The molecular weight excluding hydrogens is 629 g/mol. The summed E-state index contributed by atoms with van der Waals surface area (Å²) in [6.07, 6.45) is -1.38. The summed E-state index contributed by atoms with van der Waals surface area (Å²) in [7, 11) is 3.21. The molecule has 0 atom stereocenters. The molecule has 0 bridgehead atoms. The van der Waals surface area contributed by atoms with Crippen LogP contribution in [0.15, 0.2) is 42.7 Å². The Morgan fingerprint density at radius 1 is 1.00 bits per heavy atom. The first-order valence-corrected chi connectivity index (χ1v) is 9.53. The van der Waals surface area contributed by atoms with Crippen LogP contribution in [0.4, 0.5) is 13.2 Å². The van der Waals surface area contributed by atoms with E-state index in [1.54, 1.807) is 38.6 Å². The molecule has 4 aromatic rings. The van der Waals surface area contributed by atoms with Gasteiger partial charge in [0, 0.05) is 43.9 Å². The van der Waals surface area contributed by atoms with Crippen LogP contribution in [0.25, 0.3) is 22.8 Å². The minimum atomic E-state index is -4.57. The molecule has 0 saturated carbocycles. The van der Waals surface area contributed by atoms with Crippen LogP contribution in [0, 0.1) is 19.9 Å². The number of nitrogens with zero attached hydrogens (tertiary/aromatic N) is 6. The monoisotopic (exact) mass is 649 g/mol. The van der Waals surface area contributed by atoms with E-state index in [1.807, 2.05) is 19.9 Å². The van der Waals surface area contributed by atoms with Crippen molar-refractivity contribution in [1.82, 2.24) is 30.1 Å². The molecule has 4 rings (SSSR count). The number of aromatic nitrogens is 6. The van der Waals surface area contributed by atoms with Crippen LogP contribution in [-0.2, 0) is 26.3 Å². The Balaban J connectivity index is 0.000000237. The summed E-state index contributed by atoms with van der Waals surface area (Å²) in [4.78, 5) is 15.8. The van der Waals surface area contributed by atoms with Crippen molar-refractivity contribution in [1.29, 1.82) is 0 Å². The smallest absolute Gasteiger partial charge is 0.429 e. The maximum atomic E-state index is 12.1. The van der Waals surface area contributed by atoms with Crippen molar-refractivity contribution in [2.75, 3.05) is 14.2 Å². The molecule has 0 fully saturated rings. The first-order valence-electron chi connectivity index (χ1n) is 9.53. The standard InChI is InChI=1S/C14H15N2O2.C8H4F3N4.Ir/c1-9-8-15-14(10(2)16-9)11-5-6-12(17-3)13(7-11)18-4;9-8(10,11)7-13-6(14-15-7)5-3-1-2-4-12-5;/h6-8H,1-4H3;1-4H;/q2*-1;. The van der Waals surface area contributed by atoms with Gasteiger partial charge in [-0.3, -0.25) is 15.1 Å². The second kappa shape index (κ2) is 11.7. The number of hydrogen-bond donors (Lipinski definition) is 0. The molecular formula is C22H19F3IrN6O2-2. The van der Waals surface area contributed by atoms with Crippen molar-refractivity contribution in [3.05, 3.63) is 66.0 Å². The Morgan fingerprint density at radius 2 is 1.74 bits per heavy atom. The van der Waals surface area contributed by atoms with E-state index in [9.17, 15) is 13.2 Å². The number of ether oxygens (including phenoxy) is 2. The summed E-state index contributed by atoms with van der Waals surface area (Å²) >= 11 is 0. The van der Waals surface area contributed by atoms with E-state index in [-0.39, 0.29) is 31.6 Å². The first-order chi connectivity index (χ1) is 15.7. The van der Waals surface area contributed by atoms with Gasteiger partial charge in [-0.1, -0.05) is 12.1 Å². The molecule has 0 spiro atoms. The van der Waals surface area contributed by atoms with Gasteiger partial charge < -0.3 is 24.5 Å². The fraction of sp³-hybridized carbons (Fsp3) is 0.227. The summed E-state index contributed by atoms with van der Waals surface area (Å²) in [5.41, 5.74) is 3.69. The number of methoxy groups -OCH3 is 2. The summed E-state index contributed by atoms with van der Waals surface area (Å²) in [5, 5.41) is 6.25. The van der Waals surface area contributed by atoms with Gasteiger partial charge in [-0.05, 0) is 31.8 Å². The molecule has 1 radical (unpaired) electrons. The van der Waals surface area contributed by atoms with E-state index in [1.165, 1.54) is 12.3 Å². The Morgan fingerprint density at radius 3 is 2.29 bits per heavy atom. The number of halogens is 3. The van der Waals surface area contributed by atoms with E-state index in [0.29, 0.717) is 11.5 Å². The number of rotatable bonds is 4. The quantitative estimate of drug-likeness (QED) is 0.306. The van der Waals surface area contributed by atoms with Crippen LogP contribution in [0.3, 0.4) is 0 Å². The van der Waals surface area contributed by atoms with Gasteiger partial charge in [-0.15, -0.1) is 17.7 Å². The van der Waals surface area contributed by atoms with Crippen LogP contribution in [-0.4, -0.2) is 39.3 Å². The van der Waals surface area contributed by atoms with Crippen LogP contribution >= 0.6 is 0 Å². The summed E-state index contributed by atoms with van der Waals surface area (Å²) in [6.45, 7) is 3.85. The summed E-state index contributed by atoms with van der Waals surface area (Å²) < 4.78 is 46.8. The van der Waals surface area contributed by atoms with Crippen molar-refractivity contribution in [2.24, 2.45) is 0 Å². The fourth-order valence-corrected chi connectivity index (χ4v) is 2.74. The van der Waals surface area contributed by atoms with Crippen molar-refractivity contribution in [3.8, 4) is 34.3 Å². The summed E-state index contributed by atoms with van der Waals surface area (Å²) in [5.74, 6) is -0.0573. The van der Waals surface area contributed by atoms with Gasteiger partial charge in [-0.2, -0.15) is 13.2 Å². The molecule has 0 unspecified atom stereocenters. The van der Waals surface area contributed by atoms with E-state index < -0.39 is 12.0 Å². The maximum Gasteiger partial charge on any atom is 0.429 e. The normalized spacial score (nSPS) is 10.6. The van der Waals surface area contributed by atoms with Crippen LogP contribution in [0.1, 0.15) is 17.2 Å². The predicted octanol–water partition coefficient (Wildman–Crippen LogP) is 4.09. The van der Waals surface area contributed by atoms with Crippen molar-refractivity contribution in [3.63, 3.8) is 0 Å². The van der Waals surface area contributed by atoms with Gasteiger partial charge in [0.05, 0.1) is 37.1 Å². The van der Waals surface area contributed by atoms with Crippen molar-refractivity contribution >= 4 is 0 Å². The molecule has 3 aromatic heterocycles. The molecule has 12 heteroatoms. The average molecular weight is 649 g/mol. The number of benzene rings is 1. The third kappa shape index (κ3) is 6.58. The summed E-state index contributed by atoms with van der Waals surface area (Å²) in [6, 6.07) is 11.5. The minimum Gasteiger partial charge on any atom is -0.536 e. The Bertz CT molecular complexity index is 1220. The van der Waals surface area contributed by atoms with E-state index in [0.717, 1.165) is 22.6 Å². The molecule has 1 aromatic carbocycles. The SMILES string of the molecule is COc1c[c-]c(-c2ncc(C)nc2C)cc1OC.FC(F)(F)c1n[n-]c(-c2ccccn2)n1.[Ir]. The largest absolute Gasteiger partial charge is 0.536 e. The van der Waals surface area contributed by atoms with Gasteiger partial charge in [0.2, 0.25) is 0 Å². The molecule has 0 N–H and O–H groups in total. The third-order valence-corrected chi connectivity index (χ3v) is 4.24. The average Bonchev–Trinajstić information content (AvgIpc) is 3.31. The van der Waals surface area contributed by atoms with Crippen LogP contribution < -0.4 is 14.6 Å². The zero-order valence-electron chi connectivity index (χ0n) is 18.5. The zero-order valence-corrected chi connectivity index (χ0v) is 20.9. The molecule has 34 heavy (non-hydrogen) atoms. The number of alkyl halides is 3. The van der Waals surface area contributed by atoms with Gasteiger partial charge in [-0.25, -0.2) is 0 Å². The number of pyridine rings is 1. The molecule has 0 amide bonds. The predicted molar refractivity (Wildman–Crippen MR) is 112 cm³/mol. The molecule has 3 heterocycles. The van der Waals surface area contributed by atoms with Gasteiger partial charge in [0.25, 0.3) is 0 Å². The zero-order chi connectivity index (χ0) is 24.0. The van der Waals surface area contributed by atoms with E-state index in [4.69, 9.17) is 9.47 Å². The van der Waals surface area contributed by atoms with Crippen LogP contribution in [0.5, 0.6) is 11.5 Å². The molecule has 0 aliphatic heterocycles. The molecule has 181 valence electrons. The number of hydrogen-bond acceptors (Lipinski definition) is 7. The van der Waals surface area contributed by atoms with Crippen molar-refractivity contribution in [2.45, 2.75) is 20.0 Å². The molecule has 0 aliphatic rings. The third-order valence-electron chi connectivity index (χ3n) is 4.24. The number of aryl methyl sites for hydroxylation is 2. The Labute approximate surface area is 207 Å². The minimum absolute atomic E-state index is 0. The van der Waals surface area contributed by atoms with Crippen molar-refractivity contribution < 1.29 is 42.8 Å². The molecule has 8 nitrogen and oxygen atoms in total. The van der Waals surface area contributed by atoms with Crippen LogP contribution in [0.2, 0.25) is 0 Å². The van der Waals surface area contributed by atoms with Gasteiger partial charge in [0.15, 0.2) is 0 Å². The molecule has 0 aliphatic carbocycles. The molecule has 0 saturated heterocycles. The van der Waals surface area contributed by atoms with E-state index >= 15 is 0 Å². The second-order valence-corrected chi connectivity index (χ2v) is 6.60. The Kier molecular flexibility index (Phi) is 9.22. The van der Waals surface area contributed by atoms with Gasteiger partial charge >= 0.3 is 6.18 Å². The van der Waals surface area contributed by atoms with Gasteiger partial charge in [0.1, 0.15) is 5.82 Å². The fourth-order valence-electron chi connectivity index (χ4n) is 2.74. The van der Waals surface area contributed by atoms with E-state index in [2.05, 4.69) is 36.2 Å². The second-order valence-electron chi connectivity index (χ2n) is 6.60. The maximum absolute atomic E-state index is 12.1. The first kappa shape index (κ1) is 26.9. The Hall–Kier alpha value is -3.37. The topological polar surface area (TPSA) is 97.0 Å².